The summed E-state index contributed by atoms with van der Waals surface area (Å²) in [7, 11) is 0. The third-order valence-electron chi connectivity index (χ3n) is 3.59. The molecule has 3 aromatic rings. The van der Waals surface area contributed by atoms with Crippen LogP contribution < -0.4 is 5.73 Å². The van der Waals surface area contributed by atoms with E-state index in [1.807, 2.05) is 30.3 Å². The topological polar surface area (TPSA) is 39.2 Å². The second-order valence-corrected chi connectivity index (χ2v) is 4.84. The molecule has 1 unspecified atom stereocenters. The Bertz CT molecular complexity index is 748. The fourth-order valence-electron chi connectivity index (χ4n) is 2.51. The Morgan fingerprint density at radius 3 is 2.70 bits per heavy atom. The van der Waals surface area contributed by atoms with Crippen molar-refractivity contribution in [3.8, 4) is 0 Å². The number of hydrogen-bond donors (Lipinski definition) is 1. The highest BCUT2D eigenvalue weighted by Crippen LogP contribution is 2.29. The maximum Gasteiger partial charge on any atom is 0.169 e. The van der Waals surface area contributed by atoms with Gasteiger partial charge < -0.3 is 10.2 Å². The van der Waals surface area contributed by atoms with E-state index in [0.717, 1.165) is 17.4 Å². The van der Waals surface area contributed by atoms with Crippen LogP contribution in [0.2, 0.25) is 0 Å². The van der Waals surface area contributed by atoms with E-state index in [1.165, 1.54) is 11.6 Å². The third-order valence-corrected chi connectivity index (χ3v) is 3.59. The Hall–Kier alpha value is -2.13. The first-order valence-corrected chi connectivity index (χ1v) is 6.72. The average molecular weight is 269 g/mol. The molecule has 1 heterocycles. The van der Waals surface area contributed by atoms with Crippen LogP contribution in [-0.4, -0.2) is 0 Å². The SMILES string of the molecule is CCc1ccccc1C(N)c1cc2cccc(F)c2o1. The van der Waals surface area contributed by atoms with Gasteiger partial charge in [-0.3, -0.25) is 0 Å². The number of fused-ring (bicyclic) bond motifs is 1. The Morgan fingerprint density at radius 2 is 1.95 bits per heavy atom. The largest absolute Gasteiger partial charge is 0.456 e. The lowest BCUT2D eigenvalue weighted by atomic mass is 9.97. The van der Waals surface area contributed by atoms with Crippen molar-refractivity contribution in [2.75, 3.05) is 0 Å². The highest BCUT2D eigenvalue weighted by atomic mass is 19.1. The Morgan fingerprint density at radius 1 is 1.15 bits per heavy atom. The molecule has 2 nitrogen and oxygen atoms in total. The van der Waals surface area contributed by atoms with Crippen LogP contribution in [0.15, 0.2) is 52.9 Å². The number of rotatable bonds is 3. The van der Waals surface area contributed by atoms with Gasteiger partial charge in [0.15, 0.2) is 11.4 Å². The predicted octanol–water partition coefficient (Wildman–Crippen LogP) is 4.18. The first-order chi connectivity index (χ1) is 9.70. The van der Waals surface area contributed by atoms with Crippen molar-refractivity contribution in [2.24, 2.45) is 5.73 Å². The van der Waals surface area contributed by atoms with Crippen molar-refractivity contribution in [2.45, 2.75) is 19.4 Å². The molecule has 0 saturated heterocycles. The summed E-state index contributed by atoms with van der Waals surface area (Å²) in [6.07, 6.45) is 0.901. The van der Waals surface area contributed by atoms with Gasteiger partial charge in [-0.1, -0.05) is 43.3 Å². The number of benzene rings is 2. The molecule has 0 fully saturated rings. The number of para-hydroxylation sites is 1. The van der Waals surface area contributed by atoms with Crippen LogP contribution in [0, 0.1) is 5.82 Å². The highest BCUT2D eigenvalue weighted by Gasteiger charge is 2.17. The molecule has 0 aliphatic rings. The molecule has 0 bridgehead atoms. The fraction of sp³-hybridized carbons (Fsp3) is 0.176. The molecule has 2 N–H and O–H groups in total. The van der Waals surface area contributed by atoms with Gasteiger partial charge in [0.2, 0.25) is 0 Å². The summed E-state index contributed by atoms with van der Waals surface area (Å²) >= 11 is 0. The molecule has 0 radical (unpaired) electrons. The molecule has 0 spiro atoms. The van der Waals surface area contributed by atoms with Crippen LogP contribution in [-0.2, 0) is 6.42 Å². The van der Waals surface area contributed by atoms with Crippen LogP contribution in [0.1, 0.15) is 29.9 Å². The summed E-state index contributed by atoms with van der Waals surface area (Å²) in [5.74, 6) is 0.232. The lowest BCUT2D eigenvalue weighted by Crippen LogP contribution is -2.13. The average Bonchev–Trinajstić information content (AvgIpc) is 2.92. The minimum Gasteiger partial charge on any atom is -0.456 e. The Balaban J connectivity index is 2.08. The second kappa shape index (κ2) is 5.10. The molecule has 2 aromatic carbocycles. The van der Waals surface area contributed by atoms with Gasteiger partial charge in [0.1, 0.15) is 5.76 Å². The molecule has 3 heteroatoms. The number of furan rings is 1. The number of halogens is 1. The van der Waals surface area contributed by atoms with Crippen molar-refractivity contribution < 1.29 is 8.81 Å². The van der Waals surface area contributed by atoms with E-state index in [0.29, 0.717) is 5.76 Å². The zero-order chi connectivity index (χ0) is 14.1. The zero-order valence-electron chi connectivity index (χ0n) is 11.3. The molecular weight excluding hydrogens is 253 g/mol. The molecule has 0 aliphatic carbocycles. The van der Waals surface area contributed by atoms with Gasteiger partial charge >= 0.3 is 0 Å². The quantitative estimate of drug-likeness (QED) is 0.774. The van der Waals surface area contributed by atoms with Gasteiger partial charge in [-0.05, 0) is 29.7 Å². The molecule has 3 rings (SSSR count). The number of hydrogen-bond acceptors (Lipinski definition) is 2. The van der Waals surface area contributed by atoms with Crippen LogP contribution in [0.25, 0.3) is 11.0 Å². The summed E-state index contributed by atoms with van der Waals surface area (Å²) in [4.78, 5) is 0. The molecule has 20 heavy (non-hydrogen) atoms. The van der Waals surface area contributed by atoms with Crippen LogP contribution in [0.5, 0.6) is 0 Å². The molecule has 0 saturated carbocycles. The third kappa shape index (κ3) is 2.10. The lowest BCUT2D eigenvalue weighted by Gasteiger charge is -2.13. The molecule has 102 valence electrons. The van der Waals surface area contributed by atoms with E-state index < -0.39 is 0 Å². The van der Waals surface area contributed by atoms with Crippen molar-refractivity contribution >= 4 is 11.0 Å². The summed E-state index contributed by atoms with van der Waals surface area (Å²) < 4.78 is 19.3. The molecule has 0 aliphatic heterocycles. The van der Waals surface area contributed by atoms with Gasteiger partial charge in [0.05, 0.1) is 6.04 Å². The summed E-state index contributed by atoms with van der Waals surface area (Å²) in [6, 6.07) is 14.3. The molecular formula is C17H16FNO. The molecule has 1 aromatic heterocycles. The molecule has 0 amide bonds. The highest BCUT2D eigenvalue weighted by molar-refractivity contribution is 5.78. The standard InChI is InChI=1S/C17H16FNO/c1-2-11-6-3-4-8-13(11)16(19)15-10-12-7-5-9-14(18)17(12)20-15/h3-10,16H,2,19H2,1H3. The zero-order valence-corrected chi connectivity index (χ0v) is 11.3. The summed E-state index contributed by atoms with van der Waals surface area (Å²) in [5, 5.41) is 0.740. The first-order valence-electron chi connectivity index (χ1n) is 6.72. The fourth-order valence-corrected chi connectivity index (χ4v) is 2.51. The summed E-state index contributed by atoms with van der Waals surface area (Å²) in [6.45, 7) is 2.09. The normalized spacial score (nSPS) is 12.8. The van der Waals surface area contributed by atoms with Crippen molar-refractivity contribution in [3.05, 3.63) is 71.2 Å². The maximum absolute atomic E-state index is 13.7. The van der Waals surface area contributed by atoms with Gasteiger partial charge in [0.25, 0.3) is 0 Å². The maximum atomic E-state index is 13.7. The minimum absolute atomic E-state index is 0.270. The van der Waals surface area contributed by atoms with Crippen molar-refractivity contribution in [1.29, 1.82) is 0 Å². The number of aryl methyl sites for hydroxylation is 1. The van der Waals surface area contributed by atoms with Crippen LogP contribution in [0.4, 0.5) is 4.39 Å². The van der Waals surface area contributed by atoms with E-state index in [9.17, 15) is 4.39 Å². The van der Waals surface area contributed by atoms with Crippen molar-refractivity contribution in [1.82, 2.24) is 0 Å². The predicted molar refractivity (Wildman–Crippen MR) is 78.0 cm³/mol. The van der Waals surface area contributed by atoms with Gasteiger partial charge in [-0.2, -0.15) is 0 Å². The Kier molecular flexibility index (Phi) is 3.28. The second-order valence-electron chi connectivity index (χ2n) is 4.84. The van der Waals surface area contributed by atoms with E-state index in [4.69, 9.17) is 10.2 Å². The first kappa shape index (κ1) is 12.9. The van der Waals surface area contributed by atoms with Crippen LogP contribution in [0.3, 0.4) is 0 Å². The van der Waals surface area contributed by atoms with Gasteiger partial charge in [-0.25, -0.2) is 4.39 Å². The Labute approximate surface area is 117 Å². The van der Waals surface area contributed by atoms with E-state index in [-0.39, 0.29) is 17.4 Å². The van der Waals surface area contributed by atoms with E-state index >= 15 is 0 Å². The van der Waals surface area contributed by atoms with Gasteiger partial charge in [0, 0.05) is 5.39 Å². The van der Waals surface area contributed by atoms with E-state index in [1.54, 1.807) is 6.07 Å². The summed E-state index contributed by atoms with van der Waals surface area (Å²) in [5.41, 5.74) is 8.76. The minimum atomic E-state index is -0.377. The smallest absolute Gasteiger partial charge is 0.169 e. The lowest BCUT2D eigenvalue weighted by molar-refractivity contribution is 0.501. The molecule has 1 atom stereocenters. The van der Waals surface area contributed by atoms with E-state index in [2.05, 4.69) is 13.0 Å². The van der Waals surface area contributed by atoms with Crippen molar-refractivity contribution in [3.63, 3.8) is 0 Å². The van der Waals surface area contributed by atoms with Gasteiger partial charge in [-0.15, -0.1) is 0 Å². The number of nitrogens with two attached hydrogens (primary N) is 1. The monoisotopic (exact) mass is 269 g/mol. The van der Waals surface area contributed by atoms with Crippen LogP contribution >= 0.6 is 0 Å².